The van der Waals surface area contributed by atoms with Crippen molar-refractivity contribution in [2.75, 3.05) is 16.8 Å². The van der Waals surface area contributed by atoms with Crippen molar-refractivity contribution < 1.29 is 23.1 Å². The number of carbonyl (C=O) groups is 2. The van der Waals surface area contributed by atoms with E-state index in [1.807, 2.05) is 6.07 Å². The lowest BCUT2D eigenvalue weighted by molar-refractivity contribution is 0.0697. The zero-order valence-electron chi connectivity index (χ0n) is 19.3. The molecule has 0 bridgehead atoms. The molecular weight excluding hydrogens is 480 g/mol. The van der Waals surface area contributed by atoms with Gasteiger partial charge in [0.1, 0.15) is 0 Å². The number of rotatable bonds is 5. The molecule has 1 saturated carbocycles. The van der Waals surface area contributed by atoms with E-state index in [1.165, 1.54) is 21.0 Å². The van der Waals surface area contributed by atoms with E-state index in [1.54, 1.807) is 60.6 Å². The molecule has 182 valence electrons. The molecule has 6 rings (SSSR count). The number of fused-ring (bicyclic) bond motifs is 3. The molecule has 0 saturated heterocycles. The number of carbonyl (C=O) groups excluding carboxylic acids is 1. The zero-order valence-corrected chi connectivity index (χ0v) is 20.1. The van der Waals surface area contributed by atoms with E-state index < -0.39 is 16.0 Å². The summed E-state index contributed by atoms with van der Waals surface area (Å²) in [7, 11) is -2.24. The third-order valence-corrected chi connectivity index (χ3v) is 8.53. The van der Waals surface area contributed by atoms with Crippen molar-refractivity contribution in [2.45, 2.75) is 30.2 Å². The van der Waals surface area contributed by atoms with Crippen molar-refractivity contribution >= 4 is 44.4 Å². The standard InChI is InChI=1S/C26H22N4O5S/c1-28-23-14-27-24-20(21(23)15-29(26(28)33)18-11-9-17(10-12-18)25(31)32)13-22(16-7-8-16)30(24)36(34,35)19-5-3-2-4-6-19/h2-6,9-14,16H,7-8,15H2,1H3,(H,31,32). The third kappa shape index (κ3) is 3.36. The average Bonchev–Trinajstić information content (AvgIpc) is 3.65. The zero-order chi connectivity index (χ0) is 25.2. The van der Waals surface area contributed by atoms with Crippen LogP contribution in [0.15, 0.2) is 71.8 Å². The predicted molar refractivity (Wildman–Crippen MR) is 134 cm³/mol. The Labute approximate surface area is 207 Å². The minimum absolute atomic E-state index is 0.126. The predicted octanol–water partition coefficient (Wildman–Crippen LogP) is 4.43. The number of carboxylic acid groups (broad SMARTS) is 1. The van der Waals surface area contributed by atoms with Gasteiger partial charge in [0.05, 0.1) is 28.9 Å². The number of hydrogen-bond donors (Lipinski definition) is 1. The Morgan fingerprint density at radius 3 is 2.39 bits per heavy atom. The van der Waals surface area contributed by atoms with Crippen LogP contribution in [0.2, 0.25) is 0 Å². The highest BCUT2D eigenvalue weighted by molar-refractivity contribution is 7.90. The Bertz CT molecular complexity index is 1640. The van der Waals surface area contributed by atoms with Gasteiger partial charge in [-0.3, -0.25) is 9.80 Å². The molecule has 1 aliphatic heterocycles. The Kier molecular flexibility index (Phi) is 4.91. The third-order valence-electron chi connectivity index (χ3n) is 6.80. The molecule has 0 unspecified atom stereocenters. The number of amides is 2. The quantitative estimate of drug-likeness (QED) is 0.432. The summed E-state index contributed by atoms with van der Waals surface area (Å²) >= 11 is 0. The molecule has 3 heterocycles. The minimum atomic E-state index is -3.88. The lowest BCUT2D eigenvalue weighted by atomic mass is 10.1. The van der Waals surface area contributed by atoms with Crippen LogP contribution in [0.1, 0.15) is 40.4 Å². The maximum atomic E-state index is 13.7. The minimum Gasteiger partial charge on any atom is -0.478 e. The Hall–Kier alpha value is -4.18. The molecule has 1 fully saturated rings. The molecule has 2 amide bonds. The van der Waals surface area contributed by atoms with Crippen molar-refractivity contribution in [3.05, 3.63) is 83.7 Å². The maximum Gasteiger partial charge on any atom is 0.335 e. The number of aromatic carboxylic acids is 1. The first-order valence-electron chi connectivity index (χ1n) is 11.5. The SMILES string of the molecule is CN1C(=O)N(c2ccc(C(=O)O)cc2)Cc2c1cnc1c2cc(C2CC2)n1S(=O)(=O)c1ccccc1. The van der Waals surface area contributed by atoms with E-state index in [0.29, 0.717) is 28.1 Å². The fraction of sp³-hybridized carbons (Fsp3) is 0.192. The van der Waals surface area contributed by atoms with E-state index >= 15 is 0 Å². The summed E-state index contributed by atoms with van der Waals surface area (Å²) in [5, 5.41) is 9.89. The first kappa shape index (κ1) is 22.3. The van der Waals surface area contributed by atoms with E-state index in [4.69, 9.17) is 0 Å². The fourth-order valence-corrected chi connectivity index (χ4v) is 6.31. The molecule has 10 heteroatoms. The molecule has 2 aliphatic rings. The smallest absolute Gasteiger partial charge is 0.335 e. The molecule has 4 aromatic rings. The van der Waals surface area contributed by atoms with Gasteiger partial charge in [-0.1, -0.05) is 18.2 Å². The second-order valence-corrected chi connectivity index (χ2v) is 10.9. The maximum absolute atomic E-state index is 13.7. The van der Waals surface area contributed by atoms with E-state index in [2.05, 4.69) is 4.98 Å². The molecule has 0 atom stereocenters. The van der Waals surface area contributed by atoms with Crippen LogP contribution < -0.4 is 9.80 Å². The van der Waals surface area contributed by atoms with Gasteiger partial charge in [-0.05, 0) is 55.3 Å². The number of anilines is 2. The summed E-state index contributed by atoms with van der Waals surface area (Å²) in [5.41, 5.74) is 3.11. The van der Waals surface area contributed by atoms with Gasteiger partial charge in [0.25, 0.3) is 10.0 Å². The molecule has 1 aliphatic carbocycles. The molecule has 36 heavy (non-hydrogen) atoms. The number of pyridine rings is 1. The summed E-state index contributed by atoms with van der Waals surface area (Å²) in [4.78, 5) is 32.2. The van der Waals surface area contributed by atoms with Gasteiger partial charge in [0.15, 0.2) is 5.65 Å². The monoisotopic (exact) mass is 502 g/mol. The van der Waals surface area contributed by atoms with Crippen LogP contribution in [0, 0.1) is 0 Å². The van der Waals surface area contributed by atoms with Crippen molar-refractivity contribution in [3.63, 3.8) is 0 Å². The van der Waals surface area contributed by atoms with E-state index in [-0.39, 0.29) is 29.0 Å². The van der Waals surface area contributed by atoms with Gasteiger partial charge in [0.2, 0.25) is 0 Å². The first-order chi connectivity index (χ1) is 17.3. The second-order valence-electron chi connectivity index (χ2n) is 9.07. The average molecular weight is 503 g/mol. The summed E-state index contributed by atoms with van der Waals surface area (Å²) < 4.78 is 28.8. The molecule has 0 spiro atoms. The number of urea groups is 1. The Morgan fingerprint density at radius 1 is 1.06 bits per heavy atom. The highest BCUT2D eigenvalue weighted by Gasteiger charge is 2.36. The largest absolute Gasteiger partial charge is 0.478 e. The molecule has 2 aromatic carbocycles. The molecular formula is C26H22N4O5S. The number of hydrogen-bond acceptors (Lipinski definition) is 5. The number of benzene rings is 2. The van der Waals surface area contributed by atoms with Crippen molar-refractivity contribution in [3.8, 4) is 0 Å². The number of aromatic nitrogens is 2. The van der Waals surface area contributed by atoms with Gasteiger partial charge in [-0.25, -0.2) is 27.0 Å². The Morgan fingerprint density at radius 2 is 1.75 bits per heavy atom. The van der Waals surface area contributed by atoms with Gasteiger partial charge >= 0.3 is 12.0 Å². The van der Waals surface area contributed by atoms with Gasteiger partial charge in [-0.15, -0.1) is 0 Å². The molecule has 2 aromatic heterocycles. The van der Waals surface area contributed by atoms with Crippen LogP contribution in [0.3, 0.4) is 0 Å². The lowest BCUT2D eigenvalue weighted by Gasteiger charge is -2.35. The van der Waals surface area contributed by atoms with Gasteiger partial charge in [0, 0.05) is 35.3 Å². The summed E-state index contributed by atoms with van der Waals surface area (Å²) in [6.07, 6.45) is 3.36. The fourth-order valence-electron chi connectivity index (χ4n) is 4.75. The Balaban J connectivity index is 1.52. The van der Waals surface area contributed by atoms with Crippen LogP contribution in [0.5, 0.6) is 0 Å². The van der Waals surface area contributed by atoms with Crippen LogP contribution in [0.4, 0.5) is 16.2 Å². The van der Waals surface area contributed by atoms with Crippen LogP contribution in [-0.4, -0.2) is 41.5 Å². The van der Waals surface area contributed by atoms with E-state index in [9.17, 15) is 23.1 Å². The van der Waals surface area contributed by atoms with Crippen LogP contribution in [0.25, 0.3) is 11.0 Å². The number of nitrogens with zero attached hydrogens (tertiary/aromatic N) is 4. The van der Waals surface area contributed by atoms with Gasteiger partial charge < -0.3 is 5.11 Å². The van der Waals surface area contributed by atoms with Crippen LogP contribution in [-0.2, 0) is 16.6 Å². The summed E-state index contributed by atoms with van der Waals surface area (Å²) in [5.74, 6) is -0.911. The topological polar surface area (TPSA) is 113 Å². The normalized spacial score (nSPS) is 15.9. The second kappa shape index (κ2) is 7.92. The van der Waals surface area contributed by atoms with Crippen molar-refractivity contribution in [1.29, 1.82) is 0 Å². The molecule has 9 nitrogen and oxygen atoms in total. The summed E-state index contributed by atoms with van der Waals surface area (Å²) in [6, 6.07) is 16.0. The molecule has 0 radical (unpaired) electrons. The van der Waals surface area contributed by atoms with E-state index in [0.717, 1.165) is 18.4 Å². The van der Waals surface area contributed by atoms with Crippen molar-refractivity contribution in [1.82, 2.24) is 8.96 Å². The van der Waals surface area contributed by atoms with Gasteiger partial charge in [-0.2, -0.15) is 0 Å². The first-order valence-corrected chi connectivity index (χ1v) is 12.9. The number of carboxylic acids is 1. The lowest BCUT2D eigenvalue weighted by Crippen LogP contribution is -2.45. The highest BCUT2D eigenvalue weighted by Crippen LogP contribution is 2.45. The molecule has 1 N–H and O–H groups in total. The highest BCUT2D eigenvalue weighted by atomic mass is 32.2. The summed E-state index contributed by atoms with van der Waals surface area (Å²) in [6.45, 7) is 0.198. The van der Waals surface area contributed by atoms with Crippen LogP contribution >= 0.6 is 0 Å². The van der Waals surface area contributed by atoms with Crippen molar-refractivity contribution in [2.24, 2.45) is 0 Å².